The number of hydrogen-bond acceptors (Lipinski definition) is 3. The van der Waals surface area contributed by atoms with Gasteiger partial charge in [-0.15, -0.1) is 6.42 Å². The standard InChI is InChI=1S/C9H9F3N2O2/c1-2-3-14(6-8(15)16)5-7(4-13)9(10,11)12/h1,7H,3,5-6H2,(H,15,16). The molecule has 7 heteroatoms. The van der Waals surface area contributed by atoms with Gasteiger partial charge in [-0.05, 0) is 0 Å². The zero-order valence-corrected chi connectivity index (χ0v) is 8.16. The number of aliphatic carboxylic acids is 1. The van der Waals surface area contributed by atoms with E-state index in [4.69, 9.17) is 16.8 Å². The van der Waals surface area contributed by atoms with E-state index in [9.17, 15) is 18.0 Å². The second kappa shape index (κ2) is 5.99. The summed E-state index contributed by atoms with van der Waals surface area (Å²) < 4.78 is 36.6. The molecule has 0 aliphatic heterocycles. The van der Waals surface area contributed by atoms with E-state index in [2.05, 4.69) is 0 Å². The quantitative estimate of drug-likeness (QED) is 0.711. The molecule has 0 aromatic heterocycles. The summed E-state index contributed by atoms with van der Waals surface area (Å²) in [5, 5.41) is 16.7. The van der Waals surface area contributed by atoms with Crippen LogP contribution >= 0.6 is 0 Å². The summed E-state index contributed by atoms with van der Waals surface area (Å²) in [6.07, 6.45) is 0.202. The van der Waals surface area contributed by atoms with Crippen molar-refractivity contribution in [2.45, 2.75) is 6.18 Å². The van der Waals surface area contributed by atoms with Crippen molar-refractivity contribution in [1.82, 2.24) is 4.90 Å². The van der Waals surface area contributed by atoms with Crippen molar-refractivity contribution in [3.63, 3.8) is 0 Å². The van der Waals surface area contributed by atoms with Gasteiger partial charge in [0.25, 0.3) is 0 Å². The average Bonchev–Trinajstić information content (AvgIpc) is 2.11. The van der Waals surface area contributed by atoms with E-state index < -0.39 is 31.2 Å². The zero-order chi connectivity index (χ0) is 12.8. The molecule has 0 aliphatic carbocycles. The zero-order valence-electron chi connectivity index (χ0n) is 8.16. The molecule has 0 saturated carbocycles. The predicted octanol–water partition coefficient (Wildman–Crippen LogP) is 0.708. The molecule has 0 heterocycles. The highest BCUT2D eigenvalue weighted by atomic mass is 19.4. The highest BCUT2D eigenvalue weighted by Gasteiger charge is 2.40. The lowest BCUT2D eigenvalue weighted by atomic mass is 10.1. The molecular weight excluding hydrogens is 225 g/mol. The fourth-order valence-electron chi connectivity index (χ4n) is 0.981. The first-order valence-corrected chi connectivity index (χ1v) is 4.15. The van der Waals surface area contributed by atoms with Crippen LogP contribution in [0.4, 0.5) is 13.2 Å². The maximum absolute atomic E-state index is 12.2. The molecule has 0 aromatic carbocycles. The third-order valence-electron chi connectivity index (χ3n) is 1.67. The van der Waals surface area contributed by atoms with Gasteiger partial charge in [0.1, 0.15) is 0 Å². The lowest BCUT2D eigenvalue weighted by Gasteiger charge is -2.21. The predicted molar refractivity (Wildman–Crippen MR) is 48.1 cm³/mol. The van der Waals surface area contributed by atoms with E-state index in [0.717, 1.165) is 11.0 Å². The molecule has 88 valence electrons. The summed E-state index contributed by atoms with van der Waals surface area (Å²) >= 11 is 0. The largest absolute Gasteiger partial charge is 0.480 e. The SMILES string of the molecule is C#CCN(CC(=O)O)CC(C#N)C(F)(F)F. The molecule has 16 heavy (non-hydrogen) atoms. The van der Waals surface area contributed by atoms with Crippen molar-refractivity contribution in [3.05, 3.63) is 0 Å². The van der Waals surface area contributed by atoms with Crippen LogP contribution in [0.25, 0.3) is 0 Å². The number of nitrogens with zero attached hydrogens (tertiary/aromatic N) is 2. The monoisotopic (exact) mass is 234 g/mol. The summed E-state index contributed by atoms with van der Waals surface area (Å²) in [4.78, 5) is 11.2. The maximum Gasteiger partial charge on any atom is 0.405 e. The van der Waals surface area contributed by atoms with E-state index in [0.29, 0.717) is 0 Å². The number of carboxylic acid groups (broad SMARTS) is 1. The van der Waals surface area contributed by atoms with Gasteiger partial charge in [0.2, 0.25) is 0 Å². The summed E-state index contributed by atoms with van der Waals surface area (Å²) in [5.41, 5.74) is 0. The normalized spacial score (nSPS) is 12.9. The lowest BCUT2D eigenvalue weighted by Crippen LogP contribution is -2.39. The Kier molecular flexibility index (Phi) is 5.34. The fourth-order valence-corrected chi connectivity index (χ4v) is 0.981. The number of carboxylic acids is 1. The van der Waals surface area contributed by atoms with Gasteiger partial charge in [0, 0.05) is 6.54 Å². The van der Waals surface area contributed by atoms with Crippen molar-refractivity contribution in [2.75, 3.05) is 19.6 Å². The number of rotatable bonds is 5. The molecule has 1 unspecified atom stereocenters. The van der Waals surface area contributed by atoms with Crippen LogP contribution in [0.5, 0.6) is 0 Å². The molecule has 1 N–H and O–H groups in total. The molecule has 0 radical (unpaired) electrons. The van der Waals surface area contributed by atoms with Gasteiger partial charge >= 0.3 is 12.1 Å². The summed E-state index contributed by atoms with van der Waals surface area (Å²) in [7, 11) is 0. The number of terminal acetylenes is 1. The minimum absolute atomic E-state index is 0.249. The Morgan fingerprint density at radius 3 is 2.44 bits per heavy atom. The van der Waals surface area contributed by atoms with E-state index in [-0.39, 0.29) is 6.54 Å². The number of hydrogen-bond donors (Lipinski definition) is 1. The van der Waals surface area contributed by atoms with Crippen molar-refractivity contribution in [1.29, 1.82) is 5.26 Å². The highest BCUT2D eigenvalue weighted by Crippen LogP contribution is 2.26. The van der Waals surface area contributed by atoms with Crippen LogP contribution in [-0.2, 0) is 4.79 Å². The Labute approximate surface area is 90.3 Å². The molecule has 4 nitrogen and oxygen atoms in total. The molecule has 0 amide bonds. The van der Waals surface area contributed by atoms with Crippen LogP contribution in [-0.4, -0.2) is 41.8 Å². The van der Waals surface area contributed by atoms with E-state index in [1.807, 2.05) is 5.92 Å². The van der Waals surface area contributed by atoms with Gasteiger partial charge in [-0.2, -0.15) is 18.4 Å². The summed E-state index contributed by atoms with van der Waals surface area (Å²) in [5.74, 6) is -1.49. The minimum atomic E-state index is -4.68. The van der Waals surface area contributed by atoms with Gasteiger partial charge in [-0.1, -0.05) is 5.92 Å². The first-order chi connectivity index (χ1) is 7.31. The Morgan fingerprint density at radius 1 is 1.56 bits per heavy atom. The molecule has 0 saturated heterocycles. The Morgan fingerprint density at radius 2 is 2.12 bits per heavy atom. The van der Waals surface area contributed by atoms with E-state index >= 15 is 0 Å². The highest BCUT2D eigenvalue weighted by molar-refractivity contribution is 5.69. The van der Waals surface area contributed by atoms with E-state index in [1.165, 1.54) is 0 Å². The van der Waals surface area contributed by atoms with Gasteiger partial charge in [0.15, 0.2) is 5.92 Å². The van der Waals surface area contributed by atoms with Gasteiger partial charge in [0.05, 0.1) is 19.2 Å². The van der Waals surface area contributed by atoms with Gasteiger partial charge < -0.3 is 5.11 Å². The topological polar surface area (TPSA) is 64.3 Å². The average molecular weight is 234 g/mol. The number of nitriles is 1. The van der Waals surface area contributed by atoms with Crippen LogP contribution in [0, 0.1) is 29.6 Å². The fraction of sp³-hybridized carbons (Fsp3) is 0.556. The van der Waals surface area contributed by atoms with Crippen molar-refractivity contribution < 1.29 is 23.1 Å². The molecule has 0 aliphatic rings. The second-order valence-electron chi connectivity index (χ2n) is 2.99. The molecule has 0 fully saturated rings. The van der Waals surface area contributed by atoms with Gasteiger partial charge in [-0.25, -0.2) is 0 Å². The molecule has 0 rings (SSSR count). The molecule has 1 atom stereocenters. The molecule has 0 spiro atoms. The Balaban J connectivity index is 4.55. The first-order valence-electron chi connectivity index (χ1n) is 4.15. The van der Waals surface area contributed by atoms with E-state index in [1.54, 1.807) is 0 Å². The minimum Gasteiger partial charge on any atom is -0.480 e. The van der Waals surface area contributed by atoms with Crippen molar-refractivity contribution in [2.24, 2.45) is 5.92 Å². The number of carbonyl (C=O) groups is 1. The summed E-state index contributed by atoms with van der Waals surface area (Å²) in [6, 6.07) is 1.08. The van der Waals surface area contributed by atoms with Crippen molar-refractivity contribution in [3.8, 4) is 18.4 Å². The van der Waals surface area contributed by atoms with Crippen LogP contribution < -0.4 is 0 Å². The smallest absolute Gasteiger partial charge is 0.405 e. The Bertz CT molecular complexity index is 327. The van der Waals surface area contributed by atoms with Gasteiger partial charge in [-0.3, -0.25) is 9.69 Å². The second-order valence-corrected chi connectivity index (χ2v) is 2.99. The third-order valence-corrected chi connectivity index (χ3v) is 1.67. The molecular formula is C9H9F3N2O2. The lowest BCUT2D eigenvalue weighted by molar-refractivity contribution is -0.164. The number of halogens is 3. The van der Waals surface area contributed by atoms with Crippen LogP contribution in [0.3, 0.4) is 0 Å². The Hall–Kier alpha value is -1.73. The van der Waals surface area contributed by atoms with Crippen LogP contribution in [0.1, 0.15) is 0 Å². The molecule has 0 bridgehead atoms. The van der Waals surface area contributed by atoms with Crippen molar-refractivity contribution >= 4 is 5.97 Å². The number of alkyl halides is 3. The first kappa shape index (κ1) is 14.3. The van der Waals surface area contributed by atoms with Crippen LogP contribution in [0.2, 0.25) is 0 Å². The van der Waals surface area contributed by atoms with Crippen LogP contribution in [0.15, 0.2) is 0 Å². The molecule has 0 aromatic rings. The maximum atomic E-state index is 12.2. The third kappa shape index (κ3) is 5.23. The summed E-state index contributed by atoms with van der Waals surface area (Å²) in [6.45, 7) is -1.62.